The highest BCUT2D eigenvalue weighted by molar-refractivity contribution is 7.17. The number of ether oxygens (including phenoxy) is 1. The molecule has 8 nitrogen and oxygen atoms in total. The molecule has 11 heteroatoms. The van der Waals surface area contributed by atoms with Crippen molar-refractivity contribution in [2.24, 2.45) is 5.92 Å². The van der Waals surface area contributed by atoms with Crippen LogP contribution in [0.2, 0.25) is 10.0 Å². The molecule has 44 heavy (non-hydrogen) atoms. The number of nitrogens with one attached hydrogen (secondary N) is 1. The van der Waals surface area contributed by atoms with Crippen LogP contribution >= 0.6 is 34.5 Å². The molecule has 2 saturated heterocycles. The lowest BCUT2D eigenvalue weighted by atomic mass is 9.87. The number of carboxylic acids is 1. The third kappa shape index (κ3) is 6.92. The summed E-state index contributed by atoms with van der Waals surface area (Å²) in [7, 11) is 0. The third-order valence-electron chi connectivity index (χ3n) is 9.37. The lowest BCUT2D eigenvalue weighted by Gasteiger charge is -2.30. The van der Waals surface area contributed by atoms with Gasteiger partial charge in [0.2, 0.25) is 5.91 Å². The Morgan fingerprint density at radius 2 is 1.77 bits per heavy atom. The summed E-state index contributed by atoms with van der Waals surface area (Å²) < 4.78 is 7.32. The standard InChI is InChI=1S/C33H37Cl2N3O5S/c34-27-16-29(36-32(40)26-19-44-30-6-2-1-5-25(26)30)28(35)13-21(27)14-31(39)38-17-22(37-11-3-4-12-37)15-23(38)18-43-24-9-7-20(8-10-24)33(41)42/h1-2,5-6,13,16,19-20,22-24H,3-4,7-12,14-15,17-18H2,(H,36,40)(H,41,42)/t20?,22?,23-,24?/m0/s1. The van der Waals surface area contributed by atoms with Crippen LogP contribution < -0.4 is 5.32 Å². The molecule has 1 unspecified atom stereocenters. The summed E-state index contributed by atoms with van der Waals surface area (Å²) in [6.07, 6.45) is 6.04. The molecule has 2 atom stereocenters. The SMILES string of the molecule is O=C(Nc1cc(Cl)c(CC(=O)N2CC(N3CCCC3)C[C@H]2COC2CCC(C(=O)O)CC2)cc1Cl)c1csc2ccccc12. The lowest BCUT2D eigenvalue weighted by molar-refractivity contribution is -0.144. The van der Waals surface area contributed by atoms with Crippen LogP contribution in [0.5, 0.6) is 0 Å². The van der Waals surface area contributed by atoms with Crippen LogP contribution in [-0.4, -0.2) is 77.1 Å². The van der Waals surface area contributed by atoms with Crippen LogP contribution in [0.1, 0.15) is 60.9 Å². The van der Waals surface area contributed by atoms with Gasteiger partial charge in [0.05, 0.1) is 47.4 Å². The molecule has 3 aliphatic rings. The summed E-state index contributed by atoms with van der Waals surface area (Å²) in [4.78, 5) is 42.6. The number of carbonyl (C=O) groups excluding carboxylic acids is 2. The summed E-state index contributed by atoms with van der Waals surface area (Å²) in [5.41, 5.74) is 1.58. The van der Waals surface area contributed by atoms with E-state index in [1.165, 1.54) is 24.2 Å². The Morgan fingerprint density at radius 3 is 2.52 bits per heavy atom. The smallest absolute Gasteiger partial charge is 0.306 e. The van der Waals surface area contributed by atoms with Crippen molar-refractivity contribution < 1.29 is 24.2 Å². The van der Waals surface area contributed by atoms with E-state index in [-0.39, 0.29) is 36.3 Å². The highest BCUT2D eigenvalue weighted by atomic mass is 35.5. The fourth-order valence-electron chi connectivity index (χ4n) is 6.88. The molecule has 3 fully saturated rings. The van der Waals surface area contributed by atoms with Crippen molar-refractivity contribution in [2.45, 2.75) is 69.6 Å². The Hall–Kier alpha value is -2.69. The van der Waals surface area contributed by atoms with Gasteiger partial charge in [0.15, 0.2) is 0 Å². The number of rotatable bonds is 9. The number of aliphatic carboxylic acids is 1. The van der Waals surface area contributed by atoms with Crippen LogP contribution in [0.15, 0.2) is 41.8 Å². The maximum absolute atomic E-state index is 13.8. The van der Waals surface area contributed by atoms with Crippen LogP contribution in [-0.2, 0) is 20.7 Å². The molecule has 234 valence electrons. The van der Waals surface area contributed by atoms with Crippen molar-refractivity contribution in [3.8, 4) is 0 Å². The number of amides is 2. The van der Waals surface area contributed by atoms with Gasteiger partial charge in [0.25, 0.3) is 5.91 Å². The van der Waals surface area contributed by atoms with E-state index in [1.54, 1.807) is 12.1 Å². The molecule has 2 aromatic carbocycles. The molecule has 1 saturated carbocycles. The van der Waals surface area contributed by atoms with Crippen molar-refractivity contribution in [1.29, 1.82) is 0 Å². The molecular weight excluding hydrogens is 621 g/mol. The van der Waals surface area contributed by atoms with Crippen molar-refractivity contribution >= 4 is 68.1 Å². The Labute approximate surface area is 271 Å². The summed E-state index contributed by atoms with van der Waals surface area (Å²) in [6.45, 7) is 3.19. The Bertz CT molecular complexity index is 1530. The quantitative estimate of drug-likeness (QED) is 0.265. The number of carbonyl (C=O) groups is 3. The van der Waals surface area contributed by atoms with Crippen LogP contribution in [0.4, 0.5) is 5.69 Å². The fourth-order valence-corrected chi connectivity index (χ4v) is 8.28. The van der Waals surface area contributed by atoms with Gasteiger partial charge in [-0.05, 0) is 81.8 Å². The second-order valence-electron chi connectivity index (χ2n) is 12.2. The zero-order valence-electron chi connectivity index (χ0n) is 24.5. The van der Waals surface area contributed by atoms with Gasteiger partial charge in [0.1, 0.15) is 0 Å². The van der Waals surface area contributed by atoms with E-state index >= 15 is 0 Å². The Kier molecular flexibility index (Phi) is 9.78. The van der Waals surface area contributed by atoms with Gasteiger partial charge in [0, 0.05) is 33.1 Å². The largest absolute Gasteiger partial charge is 0.481 e. The topological polar surface area (TPSA) is 99.2 Å². The zero-order chi connectivity index (χ0) is 30.8. The molecule has 1 aromatic heterocycles. The van der Waals surface area contributed by atoms with Gasteiger partial charge in [-0.1, -0.05) is 41.4 Å². The van der Waals surface area contributed by atoms with Gasteiger partial charge < -0.3 is 20.1 Å². The summed E-state index contributed by atoms with van der Waals surface area (Å²) in [5, 5.41) is 15.6. The van der Waals surface area contributed by atoms with Crippen molar-refractivity contribution in [3.05, 3.63) is 63.0 Å². The maximum Gasteiger partial charge on any atom is 0.306 e. The number of thiophene rings is 1. The molecule has 2 N–H and O–H groups in total. The van der Waals surface area contributed by atoms with Crippen molar-refractivity contribution in [2.75, 3.05) is 31.6 Å². The van der Waals surface area contributed by atoms with Crippen LogP contribution in [0.3, 0.4) is 0 Å². The Balaban J connectivity index is 1.11. The average molecular weight is 659 g/mol. The van der Waals surface area contributed by atoms with E-state index in [9.17, 15) is 19.5 Å². The first-order valence-corrected chi connectivity index (χ1v) is 17.0. The minimum atomic E-state index is -0.727. The number of anilines is 1. The lowest BCUT2D eigenvalue weighted by Crippen LogP contribution is -2.41. The predicted octanol–water partition coefficient (Wildman–Crippen LogP) is 6.73. The monoisotopic (exact) mass is 657 g/mol. The molecular formula is C33H37Cl2N3O5S. The van der Waals surface area contributed by atoms with Gasteiger partial charge in [-0.15, -0.1) is 11.3 Å². The first kappa shape index (κ1) is 31.3. The predicted molar refractivity (Wildman–Crippen MR) is 174 cm³/mol. The van der Waals surface area contributed by atoms with Crippen LogP contribution in [0.25, 0.3) is 10.1 Å². The molecule has 0 radical (unpaired) electrons. The number of benzene rings is 2. The molecule has 0 bridgehead atoms. The number of halogens is 2. The second kappa shape index (κ2) is 13.7. The molecule has 2 amide bonds. The molecule has 3 heterocycles. The van der Waals surface area contributed by atoms with E-state index in [1.807, 2.05) is 34.5 Å². The van der Waals surface area contributed by atoms with Gasteiger partial charge in [-0.2, -0.15) is 0 Å². The summed E-state index contributed by atoms with van der Waals surface area (Å²) in [6, 6.07) is 11.3. The normalized spacial score (nSPS) is 24.2. The number of likely N-dealkylation sites (tertiary alicyclic amines) is 2. The molecule has 6 rings (SSSR count). The van der Waals surface area contributed by atoms with Gasteiger partial charge >= 0.3 is 5.97 Å². The highest BCUT2D eigenvalue weighted by Gasteiger charge is 2.39. The Morgan fingerprint density at radius 1 is 1.02 bits per heavy atom. The van der Waals surface area contributed by atoms with E-state index in [0.717, 1.165) is 42.4 Å². The molecule has 1 aliphatic carbocycles. The van der Waals surface area contributed by atoms with Gasteiger partial charge in [-0.25, -0.2) is 0 Å². The van der Waals surface area contributed by atoms with Crippen LogP contribution in [0, 0.1) is 5.92 Å². The van der Waals surface area contributed by atoms with Gasteiger partial charge in [-0.3, -0.25) is 19.3 Å². The minimum Gasteiger partial charge on any atom is -0.481 e. The number of carboxylic acid groups (broad SMARTS) is 1. The highest BCUT2D eigenvalue weighted by Crippen LogP contribution is 2.34. The molecule has 3 aromatic rings. The van der Waals surface area contributed by atoms with Crippen molar-refractivity contribution in [1.82, 2.24) is 9.80 Å². The van der Waals surface area contributed by atoms with E-state index in [4.69, 9.17) is 27.9 Å². The first-order chi connectivity index (χ1) is 21.3. The van der Waals surface area contributed by atoms with Crippen molar-refractivity contribution in [3.63, 3.8) is 0 Å². The minimum absolute atomic E-state index is 0.0245. The summed E-state index contributed by atoms with van der Waals surface area (Å²) in [5.74, 6) is -1.32. The zero-order valence-corrected chi connectivity index (χ0v) is 26.8. The molecule has 2 aliphatic heterocycles. The fraction of sp³-hybridized carbons (Fsp3) is 0.485. The number of hydrogen-bond acceptors (Lipinski definition) is 6. The first-order valence-electron chi connectivity index (χ1n) is 15.4. The third-order valence-corrected chi connectivity index (χ3v) is 11.0. The van der Waals surface area contributed by atoms with E-state index in [2.05, 4.69) is 10.2 Å². The average Bonchev–Trinajstić information content (AvgIpc) is 3.78. The van der Waals surface area contributed by atoms with E-state index < -0.39 is 5.97 Å². The summed E-state index contributed by atoms with van der Waals surface area (Å²) >= 11 is 14.8. The number of nitrogens with zero attached hydrogens (tertiary/aromatic N) is 2. The second-order valence-corrected chi connectivity index (χ2v) is 13.9. The van der Waals surface area contributed by atoms with E-state index in [0.29, 0.717) is 58.9 Å². The maximum atomic E-state index is 13.8. The number of fused-ring (bicyclic) bond motifs is 1. The molecule has 0 spiro atoms. The number of hydrogen-bond donors (Lipinski definition) is 2.